The van der Waals surface area contributed by atoms with Crippen LogP contribution in [0, 0.1) is 0 Å². The van der Waals surface area contributed by atoms with Crippen molar-refractivity contribution in [3.05, 3.63) is 0 Å². The fraction of sp³-hybridized carbons (Fsp3) is 0. The van der Waals surface area contributed by atoms with Crippen LogP contribution in [0.3, 0.4) is 0 Å². The Morgan fingerprint density at radius 3 is 1.00 bits per heavy atom. The Labute approximate surface area is 102 Å². The average Bonchev–Trinajstić information content (AvgIpc) is 0. The van der Waals surface area contributed by atoms with Crippen molar-refractivity contribution in [1.82, 2.24) is 0 Å². The zero-order valence-corrected chi connectivity index (χ0v) is 16.4. The molecule has 0 saturated heterocycles. The average molecular weight is 647 g/mol. The molecule has 11 radical (unpaired) electrons. The first-order valence-electron chi connectivity index (χ1n) is 0. The predicted molar refractivity (Wildman–Crippen MR) is 17.3 cm³/mol. The molecule has 0 nitrogen and oxygen atoms in total. The molecule has 0 N–H and O–H groups in total. The summed E-state index contributed by atoms with van der Waals surface area (Å²) in [5.41, 5.74) is 0. The Morgan fingerprint density at radius 1 is 1.00 bits per heavy atom. The van der Waals surface area contributed by atoms with Crippen molar-refractivity contribution in [3.8, 4) is 0 Å². The second-order valence-corrected chi connectivity index (χ2v) is 0. The monoisotopic (exact) mass is 651 g/mol. The quantitative estimate of drug-likeness (QED) is 0.292. The zero-order valence-electron chi connectivity index (χ0n) is 2.15. The summed E-state index contributed by atoms with van der Waals surface area (Å²) in [7, 11) is 0. The van der Waals surface area contributed by atoms with Gasteiger partial charge in [0.05, 0.1) is 0 Å². The molecular weight excluding hydrogens is 647 g/mol. The van der Waals surface area contributed by atoms with E-state index in [-0.39, 0.29) is 105 Å². The maximum Gasteiger partial charge on any atom is 0 e. The summed E-state index contributed by atoms with van der Waals surface area (Å²) in [6.07, 6.45) is 0. The van der Waals surface area contributed by atoms with Crippen LogP contribution in [0.15, 0.2) is 0 Å². The molecule has 4 heteroatoms. The topological polar surface area (TPSA) is 0 Å². The van der Waals surface area contributed by atoms with E-state index in [1.54, 1.807) is 0 Å². The molecule has 0 rings (SSSR count). The largest absolute Gasteiger partial charge is 0 e. The fourth-order valence-electron chi connectivity index (χ4n) is 0. The Hall–Kier alpha value is 3.53. The van der Waals surface area contributed by atoms with E-state index in [0.29, 0.717) is 0 Å². The molecule has 15 valence electrons. The summed E-state index contributed by atoms with van der Waals surface area (Å²) >= 11 is 0. The second kappa shape index (κ2) is 16.0. The van der Waals surface area contributed by atoms with E-state index in [0.717, 1.165) is 0 Å². The van der Waals surface area contributed by atoms with Crippen LogP contribution in [0.25, 0.3) is 0 Å². The molecular formula is BiCdPbSn. The summed E-state index contributed by atoms with van der Waals surface area (Å²) in [5, 5.41) is 0. The fourth-order valence-corrected chi connectivity index (χ4v) is 0. The molecule has 0 aliphatic carbocycles. The minimum atomic E-state index is 0. The van der Waals surface area contributed by atoms with E-state index in [4.69, 9.17) is 0 Å². The molecule has 0 aromatic carbocycles. The summed E-state index contributed by atoms with van der Waals surface area (Å²) < 4.78 is 0. The standard InChI is InChI=1S/Bi.Cd.Pb.Sn. The Kier molecular flexibility index (Phi) is 103. The molecule has 0 unspecified atom stereocenters. The predicted octanol–water partition coefficient (Wildman–Crippen LogP) is -1.14. The van der Waals surface area contributed by atoms with E-state index >= 15 is 0 Å². The van der Waals surface area contributed by atoms with Gasteiger partial charge in [-0.3, -0.25) is 0 Å². The van der Waals surface area contributed by atoms with Gasteiger partial charge in [-0.2, -0.15) is 0 Å². The van der Waals surface area contributed by atoms with E-state index in [1.807, 2.05) is 0 Å². The normalized spacial score (nSPS) is 0. The van der Waals surface area contributed by atoms with Crippen LogP contribution in [0.1, 0.15) is 0 Å². The van der Waals surface area contributed by atoms with Crippen LogP contribution < -0.4 is 0 Å². The summed E-state index contributed by atoms with van der Waals surface area (Å²) in [6.45, 7) is 0. The Balaban J connectivity index is 0. The van der Waals surface area contributed by atoms with E-state index < -0.39 is 0 Å². The first-order chi connectivity index (χ1) is 0. The molecule has 0 aliphatic rings. The van der Waals surface area contributed by atoms with Gasteiger partial charge in [0, 0.05) is 105 Å². The molecule has 0 atom stereocenters. The van der Waals surface area contributed by atoms with Gasteiger partial charge in [0.2, 0.25) is 0 Å². The third kappa shape index (κ3) is 9.10. The molecule has 0 amide bonds. The third-order valence-electron chi connectivity index (χ3n) is 0. The zero-order chi connectivity index (χ0) is 0. The first kappa shape index (κ1) is 25.8. The number of hydrogen-bond acceptors (Lipinski definition) is 0. The third-order valence-corrected chi connectivity index (χ3v) is 0. The van der Waals surface area contributed by atoms with E-state index in [9.17, 15) is 0 Å². The summed E-state index contributed by atoms with van der Waals surface area (Å²) in [4.78, 5) is 0. The van der Waals surface area contributed by atoms with Gasteiger partial charge in [-0.1, -0.05) is 0 Å². The Bertz CT molecular complexity index is 8.00. The van der Waals surface area contributed by atoms with Crippen molar-refractivity contribution < 1.29 is 27.3 Å². The van der Waals surface area contributed by atoms with Crippen molar-refractivity contribution in [3.63, 3.8) is 0 Å². The van der Waals surface area contributed by atoms with Crippen molar-refractivity contribution in [2.24, 2.45) is 0 Å². The van der Waals surface area contributed by atoms with Gasteiger partial charge in [-0.25, -0.2) is 0 Å². The van der Waals surface area contributed by atoms with Crippen molar-refractivity contribution in [2.45, 2.75) is 0 Å². The molecule has 0 bridgehead atoms. The van der Waals surface area contributed by atoms with Crippen LogP contribution in [0.2, 0.25) is 0 Å². The van der Waals surface area contributed by atoms with Gasteiger partial charge >= 0.3 is 0 Å². The smallest absolute Gasteiger partial charge is 0 e. The molecule has 0 fully saturated rings. The molecule has 0 aliphatic heterocycles. The van der Waals surface area contributed by atoms with Crippen molar-refractivity contribution >= 4 is 77.4 Å². The maximum atomic E-state index is 0. The minimum absolute atomic E-state index is 0. The SMILES string of the molecule is [Bi].[Cd].[Pb].[Sn]. The van der Waals surface area contributed by atoms with Gasteiger partial charge in [0.1, 0.15) is 0 Å². The van der Waals surface area contributed by atoms with Gasteiger partial charge in [0.15, 0.2) is 0 Å². The van der Waals surface area contributed by atoms with Gasteiger partial charge in [-0.05, 0) is 0 Å². The van der Waals surface area contributed by atoms with E-state index in [2.05, 4.69) is 0 Å². The van der Waals surface area contributed by atoms with Crippen molar-refractivity contribution in [1.29, 1.82) is 0 Å². The Morgan fingerprint density at radius 2 is 1.00 bits per heavy atom. The van der Waals surface area contributed by atoms with Crippen LogP contribution in [-0.4, -0.2) is 77.4 Å². The first-order valence-corrected chi connectivity index (χ1v) is 0. The maximum absolute atomic E-state index is 0. The van der Waals surface area contributed by atoms with Gasteiger partial charge < -0.3 is 0 Å². The molecule has 0 saturated carbocycles. The minimum Gasteiger partial charge on any atom is 0 e. The molecule has 0 aromatic heterocycles. The molecule has 0 heterocycles. The van der Waals surface area contributed by atoms with E-state index in [1.165, 1.54) is 0 Å². The van der Waals surface area contributed by atoms with Crippen LogP contribution in [0.4, 0.5) is 0 Å². The van der Waals surface area contributed by atoms with Crippen molar-refractivity contribution in [2.75, 3.05) is 0 Å². The van der Waals surface area contributed by atoms with Crippen LogP contribution in [-0.2, 0) is 27.3 Å². The molecule has 4 heavy (non-hydrogen) atoms. The number of rotatable bonds is 0. The van der Waals surface area contributed by atoms with Crippen LogP contribution >= 0.6 is 0 Å². The second-order valence-electron chi connectivity index (χ2n) is 0. The van der Waals surface area contributed by atoms with Crippen LogP contribution in [0.5, 0.6) is 0 Å². The molecule has 0 spiro atoms. The summed E-state index contributed by atoms with van der Waals surface area (Å²) in [6, 6.07) is 0. The summed E-state index contributed by atoms with van der Waals surface area (Å²) in [5.74, 6) is 0. The van der Waals surface area contributed by atoms with Gasteiger partial charge in [-0.15, -0.1) is 0 Å². The molecule has 0 aromatic rings. The van der Waals surface area contributed by atoms with Gasteiger partial charge in [0.25, 0.3) is 0 Å². The number of hydrogen-bond donors (Lipinski definition) is 0.